The topological polar surface area (TPSA) is 106 Å². The first-order valence-electron chi connectivity index (χ1n) is 10.3. The van der Waals surface area contributed by atoms with Gasteiger partial charge in [0.05, 0.1) is 12.7 Å². The lowest BCUT2D eigenvalue weighted by molar-refractivity contribution is -0.119. The molecule has 0 aliphatic rings. The van der Waals surface area contributed by atoms with Gasteiger partial charge in [-0.3, -0.25) is 9.59 Å². The summed E-state index contributed by atoms with van der Waals surface area (Å²) in [5.41, 5.74) is 2.07. The predicted molar refractivity (Wildman–Crippen MR) is 118 cm³/mol. The number of hydrogen-bond donors (Lipinski definition) is 1. The van der Waals surface area contributed by atoms with Gasteiger partial charge in [0.25, 0.3) is 11.8 Å². The fourth-order valence-electron chi connectivity index (χ4n) is 3.03. The minimum atomic E-state index is -0.736. The van der Waals surface area contributed by atoms with Crippen LogP contribution in [0.25, 0.3) is 0 Å². The Morgan fingerprint density at radius 1 is 1.00 bits per heavy atom. The molecule has 32 heavy (non-hydrogen) atoms. The summed E-state index contributed by atoms with van der Waals surface area (Å²) in [5, 5.41) is 10.3. The molecular weight excluding hydrogens is 410 g/mol. The molecule has 0 radical (unpaired) electrons. The molecule has 0 atom stereocenters. The second-order valence-electron chi connectivity index (χ2n) is 6.97. The predicted octanol–water partition coefficient (Wildman–Crippen LogP) is 2.60. The third kappa shape index (κ3) is 6.00. The maximum Gasteiger partial charge on any atom is 0.361 e. The summed E-state index contributed by atoms with van der Waals surface area (Å²) in [6.07, 6.45) is 1.47. The van der Waals surface area contributed by atoms with Crippen molar-refractivity contribution < 1.29 is 19.1 Å². The Balaban J connectivity index is 1.48. The van der Waals surface area contributed by atoms with E-state index in [1.807, 2.05) is 44.2 Å². The van der Waals surface area contributed by atoms with Crippen molar-refractivity contribution in [3.8, 4) is 0 Å². The third-order valence-corrected chi connectivity index (χ3v) is 4.74. The SMILES string of the molecule is CCN(CC)C(=O)c1ccc(NC(=O)COC(=O)c2cn(Cc3ccccc3)nn2)cc1. The molecule has 3 aromatic rings. The van der Waals surface area contributed by atoms with E-state index >= 15 is 0 Å². The summed E-state index contributed by atoms with van der Waals surface area (Å²) in [6.45, 7) is 5.08. The standard InChI is InChI=1S/C23H25N5O4/c1-3-27(4-2)22(30)18-10-12-19(13-11-18)24-21(29)16-32-23(31)20-15-28(26-25-20)14-17-8-6-5-7-9-17/h5-13,15H,3-4,14,16H2,1-2H3,(H,24,29). The number of carbonyl (C=O) groups excluding carboxylic acids is 3. The van der Waals surface area contributed by atoms with Gasteiger partial charge < -0.3 is 15.0 Å². The average molecular weight is 435 g/mol. The van der Waals surface area contributed by atoms with E-state index in [0.717, 1.165) is 5.56 Å². The van der Waals surface area contributed by atoms with Crippen molar-refractivity contribution in [1.29, 1.82) is 0 Å². The molecule has 0 fully saturated rings. The van der Waals surface area contributed by atoms with E-state index in [2.05, 4.69) is 15.6 Å². The molecule has 1 N–H and O–H groups in total. The lowest BCUT2D eigenvalue weighted by atomic mass is 10.2. The van der Waals surface area contributed by atoms with Gasteiger partial charge >= 0.3 is 5.97 Å². The van der Waals surface area contributed by atoms with Crippen LogP contribution >= 0.6 is 0 Å². The van der Waals surface area contributed by atoms with Gasteiger partial charge in [0.15, 0.2) is 12.3 Å². The van der Waals surface area contributed by atoms with Gasteiger partial charge in [0, 0.05) is 24.3 Å². The molecule has 0 aliphatic heterocycles. The Hall–Kier alpha value is -4.01. The van der Waals surface area contributed by atoms with E-state index in [9.17, 15) is 14.4 Å². The highest BCUT2D eigenvalue weighted by atomic mass is 16.5. The van der Waals surface area contributed by atoms with Gasteiger partial charge in [0.2, 0.25) is 0 Å². The first-order chi connectivity index (χ1) is 15.5. The van der Waals surface area contributed by atoms with Crippen molar-refractivity contribution in [1.82, 2.24) is 19.9 Å². The van der Waals surface area contributed by atoms with Crippen molar-refractivity contribution in [3.05, 3.63) is 77.6 Å². The van der Waals surface area contributed by atoms with Crippen LogP contribution < -0.4 is 5.32 Å². The summed E-state index contributed by atoms with van der Waals surface area (Å²) in [7, 11) is 0. The van der Waals surface area contributed by atoms with Gasteiger partial charge in [0.1, 0.15) is 0 Å². The highest BCUT2D eigenvalue weighted by molar-refractivity contribution is 5.97. The summed E-state index contributed by atoms with van der Waals surface area (Å²) >= 11 is 0. The Labute approximate surface area is 186 Å². The number of carbonyl (C=O) groups is 3. The number of nitrogens with zero attached hydrogens (tertiary/aromatic N) is 4. The zero-order valence-corrected chi connectivity index (χ0v) is 18.0. The molecule has 9 nitrogen and oxygen atoms in total. The minimum Gasteiger partial charge on any atom is -0.451 e. The van der Waals surface area contributed by atoms with E-state index in [1.54, 1.807) is 29.2 Å². The van der Waals surface area contributed by atoms with Crippen molar-refractivity contribution in [3.63, 3.8) is 0 Å². The van der Waals surface area contributed by atoms with Gasteiger partial charge in [-0.2, -0.15) is 0 Å². The number of benzene rings is 2. The molecule has 3 rings (SSSR count). The summed E-state index contributed by atoms with van der Waals surface area (Å²) in [4.78, 5) is 38.3. The largest absolute Gasteiger partial charge is 0.451 e. The molecule has 1 aromatic heterocycles. The quantitative estimate of drug-likeness (QED) is 0.518. The van der Waals surface area contributed by atoms with Crippen LogP contribution in [0.3, 0.4) is 0 Å². The van der Waals surface area contributed by atoms with E-state index in [4.69, 9.17) is 4.74 Å². The highest BCUT2D eigenvalue weighted by Crippen LogP contribution is 2.12. The van der Waals surface area contributed by atoms with Crippen molar-refractivity contribution in [2.45, 2.75) is 20.4 Å². The normalized spacial score (nSPS) is 10.4. The molecule has 0 unspecified atom stereocenters. The number of nitrogens with one attached hydrogen (secondary N) is 1. The van der Waals surface area contributed by atoms with Gasteiger partial charge in [-0.25, -0.2) is 9.48 Å². The van der Waals surface area contributed by atoms with Crippen LogP contribution in [0.1, 0.15) is 40.3 Å². The molecular formula is C23H25N5O4. The summed E-state index contributed by atoms with van der Waals surface area (Å²) in [6, 6.07) is 16.2. The summed E-state index contributed by atoms with van der Waals surface area (Å²) in [5.74, 6) is -1.31. The van der Waals surface area contributed by atoms with Crippen molar-refractivity contribution >= 4 is 23.5 Å². The molecule has 1 heterocycles. The fourth-order valence-corrected chi connectivity index (χ4v) is 3.03. The number of anilines is 1. The molecule has 2 amide bonds. The average Bonchev–Trinajstić information content (AvgIpc) is 3.28. The number of hydrogen-bond acceptors (Lipinski definition) is 6. The zero-order chi connectivity index (χ0) is 22.9. The first-order valence-corrected chi connectivity index (χ1v) is 10.3. The second-order valence-corrected chi connectivity index (χ2v) is 6.97. The van der Waals surface area contributed by atoms with E-state index < -0.39 is 18.5 Å². The first kappa shape index (κ1) is 22.7. The fraction of sp³-hybridized carbons (Fsp3) is 0.261. The number of rotatable bonds is 9. The molecule has 9 heteroatoms. The molecule has 2 aromatic carbocycles. The molecule has 0 bridgehead atoms. The number of aromatic nitrogens is 3. The molecule has 0 saturated heterocycles. The monoisotopic (exact) mass is 435 g/mol. The Bertz CT molecular complexity index is 1060. The molecule has 0 saturated carbocycles. The van der Waals surface area contributed by atoms with Crippen LogP contribution in [0.5, 0.6) is 0 Å². The van der Waals surface area contributed by atoms with Crippen LogP contribution in [0.2, 0.25) is 0 Å². The Kier molecular flexibility index (Phi) is 7.69. The molecule has 0 aliphatic carbocycles. The van der Waals surface area contributed by atoms with E-state index in [0.29, 0.717) is 30.9 Å². The zero-order valence-electron chi connectivity index (χ0n) is 18.0. The van der Waals surface area contributed by atoms with Crippen LogP contribution in [-0.4, -0.2) is 57.4 Å². The van der Waals surface area contributed by atoms with Crippen LogP contribution in [-0.2, 0) is 16.1 Å². The lowest BCUT2D eigenvalue weighted by Gasteiger charge is -2.18. The highest BCUT2D eigenvalue weighted by Gasteiger charge is 2.15. The van der Waals surface area contributed by atoms with Gasteiger partial charge in [-0.1, -0.05) is 35.5 Å². The van der Waals surface area contributed by atoms with E-state index in [-0.39, 0.29) is 11.6 Å². The number of amides is 2. The Morgan fingerprint density at radius 2 is 1.69 bits per heavy atom. The lowest BCUT2D eigenvalue weighted by Crippen LogP contribution is -2.30. The van der Waals surface area contributed by atoms with Crippen molar-refractivity contribution in [2.75, 3.05) is 25.0 Å². The van der Waals surface area contributed by atoms with Crippen LogP contribution in [0.15, 0.2) is 60.8 Å². The number of ether oxygens (including phenoxy) is 1. The smallest absolute Gasteiger partial charge is 0.361 e. The van der Waals surface area contributed by atoms with Gasteiger partial charge in [-0.05, 0) is 43.7 Å². The summed E-state index contributed by atoms with van der Waals surface area (Å²) < 4.78 is 6.54. The third-order valence-electron chi connectivity index (χ3n) is 4.74. The molecule has 166 valence electrons. The van der Waals surface area contributed by atoms with Crippen LogP contribution in [0, 0.1) is 0 Å². The van der Waals surface area contributed by atoms with Crippen molar-refractivity contribution in [2.24, 2.45) is 0 Å². The Morgan fingerprint density at radius 3 is 2.34 bits per heavy atom. The number of esters is 1. The maximum absolute atomic E-state index is 12.3. The van der Waals surface area contributed by atoms with E-state index in [1.165, 1.54) is 10.9 Å². The van der Waals surface area contributed by atoms with Gasteiger partial charge in [-0.15, -0.1) is 5.10 Å². The maximum atomic E-state index is 12.3. The minimum absolute atomic E-state index is 0.0213. The molecule has 0 spiro atoms. The second kappa shape index (κ2) is 10.9. The van der Waals surface area contributed by atoms with Crippen LogP contribution in [0.4, 0.5) is 5.69 Å².